The molecular formula is C16H18FN3O. The van der Waals surface area contributed by atoms with Crippen LogP contribution in [0.1, 0.15) is 29.9 Å². The number of anilines is 1. The second-order valence-electron chi connectivity index (χ2n) is 5.09. The van der Waals surface area contributed by atoms with Crippen molar-refractivity contribution in [1.29, 1.82) is 0 Å². The van der Waals surface area contributed by atoms with Crippen LogP contribution < -0.4 is 5.73 Å². The number of aromatic nitrogens is 1. The van der Waals surface area contributed by atoms with Gasteiger partial charge in [-0.05, 0) is 44.2 Å². The number of halogens is 1. The number of hydrogen-bond acceptors (Lipinski definition) is 3. The Hall–Kier alpha value is -2.43. The van der Waals surface area contributed by atoms with Gasteiger partial charge in [0.25, 0.3) is 5.91 Å². The predicted octanol–water partition coefficient (Wildman–Crippen LogP) is 2.85. The average Bonchev–Trinajstić information content (AvgIpc) is 2.47. The summed E-state index contributed by atoms with van der Waals surface area (Å²) >= 11 is 0. The topological polar surface area (TPSA) is 59.2 Å². The van der Waals surface area contributed by atoms with Gasteiger partial charge in [-0.1, -0.05) is 6.07 Å². The van der Waals surface area contributed by atoms with E-state index in [-0.39, 0.29) is 17.5 Å². The molecule has 2 aromatic rings. The summed E-state index contributed by atoms with van der Waals surface area (Å²) in [5, 5.41) is 0. The first-order valence-electron chi connectivity index (χ1n) is 6.75. The minimum atomic E-state index is -0.569. The molecule has 0 aliphatic rings. The van der Waals surface area contributed by atoms with E-state index in [0.29, 0.717) is 12.2 Å². The lowest BCUT2D eigenvalue weighted by Crippen LogP contribution is -2.37. The van der Waals surface area contributed by atoms with Gasteiger partial charge in [0, 0.05) is 17.9 Å². The van der Waals surface area contributed by atoms with Crippen molar-refractivity contribution in [3.8, 4) is 0 Å². The fraction of sp³-hybridized carbons (Fsp3) is 0.250. The first-order valence-corrected chi connectivity index (χ1v) is 6.75. The van der Waals surface area contributed by atoms with Crippen LogP contribution in [0.3, 0.4) is 0 Å². The molecular weight excluding hydrogens is 269 g/mol. The quantitative estimate of drug-likeness (QED) is 0.880. The van der Waals surface area contributed by atoms with Crippen LogP contribution in [0, 0.1) is 5.82 Å². The maximum atomic E-state index is 13.9. The Kier molecular flexibility index (Phi) is 4.52. The van der Waals surface area contributed by atoms with Crippen LogP contribution in [0.15, 0.2) is 42.6 Å². The molecule has 21 heavy (non-hydrogen) atoms. The molecule has 5 heteroatoms. The maximum absolute atomic E-state index is 13.9. The Labute approximate surface area is 123 Å². The molecule has 2 N–H and O–H groups in total. The van der Waals surface area contributed by atoms with Crippen molar-refractivity contribution in [2.75, 3.05) is 5.73 Å². The highest BCUT2D eigenvalue weighted by molar-refractivity contribution is 5.95. The van der Waals surface area contributed by atoms with Crippen LogP contribution in [-0.4, -0.2) is 21.8 Å². The summed E-state index contributed by atoms with van der Waals surface area (Å²) in [7, 11) is 0. The highest BCUT2D eigenvalue weighted by Crippen LogP contribution is 2.17. The summed E-state index contributed by atoms with van der Waals surface area (Å²) in [5.41, 5.74) is 6.75. The van der Waals surface area contributed by atoms with Gasteiger partial charge in [-0.3, -0.25) is 9.78 Å². The molecule has 0 aliphatic carbocycles. The summed E-state index contributed by atoms with van der Waals surface area (Å²) in [5.74, 6) is -0.957. The Morgan fingerprint density at radius 2 is 2.10 bits per heavy atom. The molecule has 0 saturated heterocycles. The number of nitrogens with zero attached hydrogens (tertiary/aromatic N) is 2. The molecule has 0 spiro atoms. The van der Waals surface area contributed by atoms with Crippen molar-refractivity contribution in [2.24, 2.45) is 0 Å². The molecule has 0 atom stereocenters. The minimum Gasteiger partial charge on any atom is -0.399 e. The smallest absolute Gasteiger partial charge is 0.257 e. The maximum Gasteiger partial charge on any atom is 0.257 e. The third kappa shape index (κ3) is 3.56. The second kappa shape index (κ2) is 6.35. The van der Waals surface area contributed by atoms with Crippen LogP contribution >= 0.6 is 0 Å². The molecule has 0 aliphatic heterocycles. The Morgan fingerprint density at radius 3 is 2.71 bits per heavy atom. The normalized spacial score (nSPS) is 10.7. The summed E-state index contributed by atoms with van der Waals surface area (Å²) in [6, 6.07) is 9.42. The molecule has 1 heterocycles. The largest absolute Gasteiger partial charge is 0.399 e. The van der Waals surface area contributed by atoms with Gasteiger partial charge in [0.15, 0.2) is 0 Å². The summed E-state index contributed by atoms with van der Waals surface area (Å²) < 4.78 is 13.9. The van der Waals surface area contributed by atoms with Crippen molar-refractivity contribution in [3.05, 3.63) is 59.7 Å². The number of nitrogen functional groups attached to an aromatic ring is 1. The van der Waals surface area contributed by atoms with Gasteiger partial charge in [-0.15, -0.1) is 0 Å². The lowest BCUT2D eigenvalue weighted by molar-refractivity contribution is 0.0683. The Balaban J connectivity index is 2.30. The number of hydrogen-bond donors (Lipinski definition) is 1. The van der Waals surface area contributed by atoms with Gasteiger partial charge in [0.2, 0.25) is 0 Å². The molecule has 0 unspecified atom stereocenters. The molecule has 2 rings (SSSR count). The molecule has 4 nitrogen and oxygen atoms in total. The number of nitrogens with two attached hydrogens (primary N) is 1. The summed E-state index contributed by atoms with van der Waals surface area (Å²) in [6.45, 7) is 4.08. The van der Waals surface area contributed by atoms with E-state index in [0.717, 1.165) is 5.69 Å². The molecule has 0 saturated carbocycles. The average molecular weight is 287 g/mol. The first kappa shape index (κ1) is 15.0. The van der Waals surface area contributed by atoms with Crippen molar-refractivity contribution in [3.63, 3.8) is 0 Å². The van der Waals surface area contributed by atoms with Crippen molar-refractivity contribution >= 4 is 11.6 Å². The predicted molar refractivity (Wildman–Crippen MR) is 80.1 cm³/mol. The molecule has 110 valence electrons. The van der Waals surface area contributed by atoms with E-state index in [2.05, 4.69) is 4.98 Å². The number of carbonyl (C=O) groups excluding carboxylic acids is 1. The van der Waals surface area contributed by atoms with Gasteiger partial charge in [-0.25, -0.2) is 4.39 Å². The van der Waals surface area contributed by atoms with E-state index in [9.17, 15) is 9.18 Å². The Morgan fingerprint density at radius 1 is 1.33 bits per heavy atom. The SMILES string of the molecule is CC(C)N(Cc1ccccn1)C(=O)c1cc(N)ccc1F. The summed E-state index contributed by atoms with van der Waals surface area (Å²) in [4.78, 5) is 18.3. The van der Waals surface area contributed by atoms with Crippen LogP contribution in [0.4, 0.5) is 10.1 Å². The van der Waals surface area contributed by atoms with E-state index < -0.39 is 5.82 Å². The number of pyridine rings is 1. The zero-order chi connectivity index (χ0) is 15.4. The van der Waals surface area contributed by atoms with E-state index >= 15 is 0 Å². The van der Waals surface area contributed by atoms with Gasteiger partial charge >= 0.3 is 0 Å². The Bertz CT molecular complexity index is 629. The monoisotopic (exact) mass is 287 g/mol. The van der Waals surface area contributed by atoms with Crippen LogP contribution in [0.25, 0.3) is 0 Å². The number of benzene rings is 1. The van der Waals surface area contributed by atoms with Crippen molar-refractivity contribution in [2.45, 2.75) is 26.4 Å². The lowest BCUT2D eigenvalue weighted by atomic mass is 10.1. The van der Waals surface area contributed by atoms with E-state index in [1.54, 1.807) is 11.1 Å². The molecule has 1 amide bonds. The fourth-order valence-electron chi connectivity index (χ4n) is 2.02. The lowest BCUT2D eigenvalue weighted by Gasteiger charge is -2.26. The van der Waals surface area contributed by atoms with Gasteiger partial charge in [0.05, 0.1) is 17.8 Å². The first-order chi connectivity index (χ1) is 9.99. The standard InChI is InChI=1S/C16H18FN3O/c1-11(2)20(10-13-5-3-4-8-19-13)16(21)14-9-12(18)6-7-15(14)17/h3-9,11H,10,18H2,1-2H3. The van der Waals surface area contributed by atoms with Crippen LogP contribution in [-0.2, 0) is 6.54 Å². The van der Waals surface area contributed by atoms with Gasteiger partial charge < -0.3 is 10.6 Å². The highest BCUT2D eigenvalue weighted by Gasteiger charge is 2.22. The van der Waals surface area contributed by atoms with E-state index in [4.69, 9.17) is 5.73 Å². The van der Waals surface area contributed by atoms with Crippen LogP contribution in [0.2, 0.25) is 0 Å². The zero-order valence-corrected chi connectivity index (χ0v) is 12.1. The fourth-order valence-corrected chi connectivity index (χ4v) is 2.02. The molecule has 0 radical (unpaired) electrons. The minimum absolute atomic E-state index is 0.0142. The van der Waals surface area contributed by atoms with E-state index in [1.165, 1.54) is 18.2 Å². The number of rotatable bonds is 4. The molecule has 0 bridgehead atoms. The van der Waals surface area contributed by atoms with Gasteiger partial charge in [-0.2, -0.15) is 0 Å². The third-order valence-corrected chi connectivity index (χ3v) is 3.16. The summed E-state index contributed by atoms with van der Waals surface area (Å²) in [6.07, 6.45) is 1.67. The number of carbonyl (C=O) groups is 1. The third-order valence-electron chi connectivity index (χ3n) is 3.16. The molecule has 0 fully saturated rings. The highest BCUT2D eigenvalue weighted by atomic mass is 19.1. The van der Waals surface area contributed by atoms with E-state index in [1.807, 2.05) is 32.0 Å². The van der Waals surface area contributed by atoms with Crippen molar-refractivity contribution in [1.82, 2.24) is 9.88 Å². The molecule has 1 aromatic heterocycles. The molecule has 1 aromatic carbocycles. The second-order valence-corrected chi connectivity index (χ2v) is 5.09. The number of amides is 1. The van der Waals surface area contributed by atoms with Crippen molar-refractivity contribution < 1.29 is 9.18 Å². The van der Waals surface area contributed by atoms with Gasteiger partial charge in [0.1, 0.15) is 5.82 Å². The van der Waals surface area contributed by atoms with Crippen LogP contribution in [0.5, 0.6) is 0 Å². The zero-order valence-electron chi connectivity index (χ0n) is 12.1.